The number of nitrogens with one attached hydrogen (secondary N) is 2. The van der Waals surface area contributed by atoms with Crippen LogP contribution < -0.4 is 10.0 Å². The smallest absolute Gasteiger partial charge is 0.244 e. The van der Waals surface area contributed by atoms with Gasteiger partial charge in [-0.2, -0.15) is 0 Å². The van der Waals surface area contributed by atoms with Gasteiger partial charge in [-0.3, -0.25) is 0 Å². The fraction of sp³-hybridized carbons (Fsp3) is 0.545. The van der Waals surface area contributed by atoms with Crippen LogP contribution in [-0.4, -0.2) is 39.7 Å². The standard InChI is InChI=1S/C11H16BrN3O3S/c1-13-11-10(5-8(12)6-14-11)19(16,17)15-9-3-2-4-18-7-9/h5-6,9,15H,2-4,7H2,1H3,(H,13,14). The van der Waals surface area contributed by atoms with Gasteiger partial charge >= 0.3 is 0 Å². The van der Waals surface area contributed by atoms with Crippen molar-refractivity contribution in [1.29, 1.82) is 0 Å². The van der Waals surface area contributed by atoms with Crippen molar-refractivity contribution < 1.29 is 13.2 Å². The van der Waals surface area contributed by atoms with Gasteiger partial charge in [-0.25, -0.2) is 18.1 Å². The van der Waals surface area contributed by atoms with E-state index < -0.39 is 10.0 Å². The predicted octanol–water partition coefficient (Wildman–Crippen LogP) is 1.34. The van der Waals surface area contributed by atoms with Gasteiger partial charge in [0.25, 0.3) is 0 Å². The highest BCUT2D eigenvalue weighted by molar-refractivity contribution is 9.10. The Morgan fingerprint density at radius 3 is 2.95 bits per heavy atom. The number of ether oxygens (including phenoxy) is 1. The van der Waals surface area contributed by atoms with Gasteiger partial charge in [0.1, 0.15) is 10.7 Å². The van der Waals surface area contributed by atoms with Crippen LogP contribution in [0.2, 0.25) is 0 Å². The molecule has 0 aliphatic carbocycles. The lowest BCUT2D eigenvalue weighted by atomic mass is 10.1. The highest BCUT2D eigenvalue weighted by Gasteiger charge is 2.25. The van der Waals surface area contributed by atoms with E-state index in [9.17, 15) is 8.42 Å². The molecule has 1 aliphatic heterocycles. The van der Waals surface area contributed by atoms with Crippen LogP contribution in [-0.2, 0) is 14.8 Å². The summed E-state index contributed by atoms with van der Waals surface area (Å²) in [6.07, 6.45) is 3.20. The molecule has 0 spiro atoms. The quantitative estimate of drug-likeness (QED) is 0.857. The van der Waals surface area contributed by atoms with Gasteiger partial charge in [0.15, 0.2) is 0 Å². The Morgan fingerprint density at radius 1 is 1.53 bits per heavy atom. The lowest BCUT2D eigenvalue weighted by Crippen LogP contribution is -2.40. The molecule has 1 fully saturated rings. The van der Waals surface area contributed by atoms with Crippen LogP contribution in [0.3, 0.4) is 0 Å². The maximum absolute atomic E-state index is 12.4. The van der Waals surface area contributed by atoms with Gasteiger partial charge in [0.05, 0.1) is 6.61 Å². The number of halogens is 1. The molecule has 1 aromatic heterocycles. The molecule has 6 nitrogen and oxygen atoms in total. The van der Waals surface area contributed by atoms with E-state index in [-0.39, 0.29) is 10.9 Å². The number of hydrogen-bond donors (Lipinski definition) is 2. The van der Waals surface area contributed by atoms with Gasteiger partial charge in [-0.05, 0) is 34.8 Å². The minimum Gasteiger partial charge on any atom is -0.380 e. The molecule has 0 radical (unpaired) electrons. The first-order valence-corrected chi connectivity index (χ1v) is 8.24. The third-order valence-corrected chi connectivity index (χ3v) is 4.80. The van der Waals surface area contributed by atoms with Crippen LogP contribution >= 0.6 is 15.9 Å². The fourth-order valence-corrected chi connectivity index (χ4v) is 3.86. The number of aromatic nitrogens is 1. The van der Waals surface area contributed by atoms with E-state index >= 15 is 0 Å². The van der Waals surface area contributed by atoms with Crippen molar-refractivity contribution in [3.63, 3.8) is 0 Å². The summed E-state index contributed by atoms with van der Waals surface area (Å²) in [7, 11) is -1.97. The summed E-state index contributed by atoms with van der Waals surface area (Å²) < 4.78 is 33.3. The molecule has 1 saturated heterocycles. The van der Waals surface area contributed by atoms with Crippen LogP contribution in [0.25, 0.3) is 0 Å². The van der Waals surface area contributed by atoms with Crippen molar-refractivity contribution in [3.05, 3.63) is 16.7 Å². The molecule has 0 amide bonds. The zero-order chi connectivity index (χ0) is 13.9. The molecular weight excluding hydrogens is 334 g/mol. The Labute approximate surface area is 121 Å². The molecule has 1 unspecified atom stereocenters. The first-order valence-electron chi connectivity index (χ1n) is 5.96. The van der Waals surface area contributed by atoms with Gasteiger partial charge in [0.2, 0.25) is 10.0 Å². The van der Waals surface area contributed by atoms with Crippen molar-refractivity contribution in [2.75, 3.05) is 25.6 Å². The summed E-state index contributed by atoms with van der Waals surface area (Å²) in [5.41, 5.74) is 0. The second kappa shape index (κ2) is 6.17. The molecule has 1 aromatic rings. The molecule has 8 heteroatoms. The number of nitrogens with zero attached hydrogens (tertiary/aromatic N) is 1. The predicted molar refractivity (Wildman–Crippen MR) is 75.6 cm³/mol. The van der Waals surface area contributed by atoms with Gasteiger partial charge in [-0.1, -0.05) is 0 Å². The van der Waals surface area contributed by atoms with Crippen LogP contribution in [0.4, 0.5) is 5.82 Å². The highest BCUT2D eigenvalue weighted by Crippen LogP contribution is 2.23. The molecule has 1 atom stereocenters. The number of pyridine rings is 1. The largest absolute Gasteiger partial charge is 0.380 e. The number of rotatable bonds is 4. The van der Waals surface area contributed by atoms with Crippen LogP contribution in [0.15, 0.2) is 21.6 Å². The molecule has 19 heavy (non-hydrogen) atoms. The van der Waals surface area contributed by atoms with Crippen LogP contribution in [0.1, 0.15) is 12.8 Å². The molecule has 0 aromatic carbocycles. The highest BCUT2D eigenvalue weighted by atomic mass is 79.9. The zero-order valence-electron chi connectivity index (χ0n) is 10.5. The SMILES string of the molecule is CNc1ncc(Br)cc1S(=O)(=O)NC1CCCOC1. The van der Waals surface area contributed by atoms with E-state index in [4.69, 9.17) is 4.74 Å². The van der Waals surface area contributed by atoms with E-state index in [0.717, 1.165) is 12.8 Å². The van der Waals surface area contributed by atoms with E-state index in [2.05, 4.69) is 31.0 Å². The van der Waals surface area contributed by atoms with E-state index in [1.807, 2.05) is 0 Å². The summed E-state index contributed by atoms with van der Waals surface area (Å²) in [4.78, 5) is 4.18. The summed E-state index contributed by atoms with van der Waals surface area (Å²) in [5, 5.41) is 2.78. The number of anilines is 1. The summed E-state index contributed by atoms with van der Waals surface area (Å²) >= 11 is 3.24. The maximum Gasteiger partial charge on any atom is 0.244 e. The minimum absolute atomic E-state index is 0.134. The van der Waals surface area contributed by atoms with Crippen molar-refractivity contribution in [3.8, 4) is 0 Å². The summed E-state index contributed by atoms with van der Waals surface area (Å²) in [5.74, 6) is 0.326. The Bertz CT molecular complexity index is 544. The molecule has 2 rings (SSSR count). The number of sulfonamides is 1. The third-order valence-electron chi connectivity index (χ3n) is 2.83. The molecular formula is C11H16BrN3O3S. The monoisotopic (exact) mass is 349 g/mol. The van der Waals surface area contributed by atoms with Crippen LogP contribution in [0, 0.1) is 0 Å². The van der Waals surface area contributed by atoms with Crippen molar-refractivity contribution in [2.24, 2.45) is 0 Å². The Balaban J connectivity index is 2.25. The summed E-state index contributed by atoms with van der Waals surface area (Å²) in [6.45, 7) is 1.11. The molecule has 0 saturated carbocycles. The third kappa shape index (κ3) is 3.65. The van der Waals surface area contributed by atoms with Crippen molar-refractivity contribution >= 4 is 31.8 Å². The average molecular weight is 350 g/mol. The average Bonchev–Trinajstić information content (AvgIpc) is 2.39. The first kappa shape index (κ1) is 14.7. The minimum atomic E-state index is -3.61. The van der Waals surface area contributed by atoms with E-state index in [1.165, 1.54) is 6.07 Å². The van der Waals surface area contributed by atoms with Gasteiger partial charge in [0, 0.05) is 30.4 Å². The second-order valence-corrected chi connectivity index (χ2v) is 6.88. The normalized spacial score (nSPS) is 20.2. The Morgan fingerprint density at radius 2 is 2.32 bits per heavy atom. The summed E-state index contributed by atoms with van der Waals surface area (Å²) in [6, 6.07) is 1.35. The van der Waals surface area contributed by atoms with Crippen LogP contribution in [0.5, 0.6) is 0 Å². The van der Waals surface area contributed by atoms with E-state index in [1.54, 1.807) is 13.2 Å². The molecule has 1 aliphatic rings. The maximum atomic E-state index is 12.4. The molecule has 2 N–H and O–H groups in total. The zero-order valence-corrected chi connectivity index (χ0v) is 12.9. The molecule has 106 valence electrons. The topological polar surface area (TPSA) is 80.3 Å². The lowest BCUT2D eigenvalue weighted by Gasteiger charge is -2.23. The van der Waals surface area contributed by atoms with Crippen molar-refractivity contribution in [1.82, 2.24) is 9.71 Å². The Kier molecular flexibility index (Phi) is 4.77. The lowest BCUT2D eigenvalue weighted by molar-refractivity contribution is 0.0774. The van der Waals surface area contributed by atoms with Gasteiger partial charge < -0.3 is 10.1 Å². The first-order chi connectivity index (χ1) is 9.03. The second-order valence-electron chi connectivity index (χ2n) is 4.29. The van der Waals surface area contributed by atoms with E-state index in [0.29, 0.717) is 23.5 Å². The fourth-order valence-electron chi connectivity index (χ4n) is 1.93. The molecule has 0 bridgehead atoms. The Hall–Kier alpha value is -0.700. The van der Waals surface area contributed by atoms with Crippen molar-refractivity contribution in [2.45, 2.75) is 23.8 Å². The molecule has 2 heterocycles. The number of hydrogen-bond acceptors (Lipinski definition) is 5. The van der Waals surface area contributed by atoms with Gasteiger partial charge in [-0.15, -0.1) is 0 Å².